The fourth-order valence-corrected chi connectivity index (χ4v) is 2.71. The van der Waals surface area contributed by atoms with Crippen LogP contribution in [-0.2, 0) is 24.5 Å². The average molecular weight is 379 g/mol. The molecule has 0 atom stereocenters. The number of carbonyl (C=O) groups is 1. The van der Waals surface area contributed by atoms with Crippen LogP contribution < -0.4 is 10.1 Å². The standard InChI is InChI=1S/C23H25NO4/c1-17(2)27-15-19-9-7-6-8-18(19)14-24-23(25)22-20(12-13-26-22)16-28-21-10-4-3-5-11-21/h3-13,17H,14-16H2,1-2H3,(H,24,25). The van der Waals surface area contributed by atoms with Gasteiger partial charge >= 0.3 is 0 Å². The summed E-state index contributed by atoms with van der Waals surface area (Å²) in [4.78, 5) is 12.6. The number of benzene rings is 2. The molecule has 1 aromatic heterocycles. The summed E-state index contributed by atoms with van der Waals surface area (Å²) in [6.45, 7) is 5.18. The summed E-state index contributed by atoms with van der Waals surface area (Å²) in [5.74, 6) is 0.747. The lowest BCUT2D eigenvalue weighted by Crippen LogP contribution is -2.24. The van der Waals surface area contributed by atoms with Gasteiger partial charge in [0.1, 0.15) is 12.4 Å². The molecule has 0 unspecified atom stereocenters. The van der Waals surface area contributed by atoms with Crippen molar-refractivity contribution < 1.29 is 18.7 Å². The van der Waals surface area contributed by atoms with Gasteiger partial charge in [0.25, 0.3) is 5.91 Å². The zero-order chi connectivity index (χ0) is 19.8. The third kappa shape index (κ3) is 5.47. The molecule has 5 nitrogen and oxygen atoms in total. The highest BCUT2D eigenvalue weighted by molar-refractivity contribution is 5.92. The van der Waals surface area contributed by atoms with Gasteiger partial charge in [-0.3, -0.25) is 4.79 Å². The smallest absolute Gasteiger partial charge is 0.287 e. The number of ether oxygens (including phenoxy) is 2. The first-order valence-electron chi connectivity index (χ1n) is 9.34. The van der Waals surface area contributed by atoms with E-state index in [1.165, 1.54) is 6.26 Å². The van der Waals surface area contributed by atoms with Gasteiger partial charge in [0, 0.05) is 12.1 Å². The highest BCUT2D eigenvalue weighted by Gasteiger charge is 2.16. The molecule has 28 heavy (non-hydrogen) atoms. The van der Waals surface area contributed by atoms with Crippen LogP contribution in [0.4, 0.5) is 0 Å². The summed E-state index contributed by atoms with van der Waals surface area (Å²) in [5, 5.41) is 2.92. The Morgan fingerprint density at radius 3 is 2.39 bits per heavy atom. The minimum atomic E-state index is -0.267. The molecule has 0 fully saturated rings. The first kappa shape index (κ1) is 19.7. The Labute approximate surface area is 165 Å². The summed E-state index contributed by atoms with van der Waals surface area (Å²) in [6, 6.07) is 19.1. The van der Waals surface area contributed by atoms with Crippen molar-refractivity contribution in [3.05, 3.63) is 89.4 Å². The van der Waals surface area contributed by atoms with E-state index in [0.717, 1.165) is 16.9 Å². The number of rotatable bonds is 9. The molecule has 0 aliphatic heterocycles. The molecule has 3 rings (SSSR count). The Morgan fingerprint density at radius 2 is 1.64 bits per heavy atom. The maximum Gasteiger partial charge on any atom is 0.287 e. The summed E-state index contributed by atoms with van der Waals surface area (Å²) in [6.07, 6.45) is 1.65. The number of furan rings is 1. The van der Waals surface area contributed by atoms with Crippen molar-refractivity contribution >= 4 is 5.91 Å². The van der Waals surface area contributed by atoms with E-state index in [0.29, 0.717) is 18.7 Å². The molecule has 0 bridgehead atoms. The van der Waals surface area contributed by atoms with Gasteiger partial charge in [-0.05, 0) is 43.2 Å². The van der Waals surface area contributed by atoms with E-state index in [-0.39, 0.29) is 24.4 Å². The lowest BCUT2D eigenvalue weighted by atomic mass is 10.1. The van der Waals surface area contributed by atoms with Crippen LogP contribution in [0.2, 0.25) is 0 Å². The number of carbonyl (C=O) groups excluding carboxylic acids is 1. The summed E-state index contributed by atoms with van der Waals surface area (Å²) < 4.78 is 16.8. The molecule has 0 aliphatic carbocycles. The molecule has 0 saturated heterocycles. The number of nitrogens with one attached hydrogen (secondary N) is 1. The van der Waals surface area contributed by atoms with Gasteiger partial charge in [-0.25, -0.2) is 0 Å². The Kier molecular flexibility index (Phi) is 6.87. The fourth-order valence-electron chi connectivity index (χ4n) is 2.71. The fraction of sp³-hybridized carbons (Fsp3) is 0.261. The van der Waals surface area contributed by atoms with E-state index < -0.39 is 0 Å². The van der Waals surface area contributed by atoms with Crippen molar-refractivity contribution in [1.29, 1.82) is 0 Å². The van der Waals surface area contributed by atoms with Gasteiger partial charge in [-0.2, -0.15) is 0 Å². The highest BCUT2D eigenvalue weighted by atomic mass is 16.5. The van der Waals surface area contributed by atoms with Crippen molar-refractivity contribution in [2.24, 2.45) is 0 Å². The zero-order valence-electron chi connectivity index (χ0n) is 16.2. The van der Waals surface area contributed by atoms with Crippen molar-refractivity contribution in [1.82, 2.24) is 5.32 Å². The maximum atomic E-state index is 12.6. The Balaban J connectivity index is 1.60. The third-order valence-corrected chi connectivity index (χ3v) is 4.22. The Hall–Kier alpha value is -3.05. The molecule has 1 amide bonds. The summed E-state index contributed by atoms with van der Waals surface area (Å²) in [7, 11) is 0. The van der Waals surface area contributed by atoms with Crippen LogP contribution in [-0.4, -0.2) is 12.0 Å². The van der Waals surface area contributed by atoms with Gasteiger partial charge in [0.05, 0.1) is 19.0 Å². The van der Waals surface area contributed by atoms with E-state index in [1.807, 2.05) is 68.4 Å². The number of hydrogen-bond acceptors (Lipinski definition) is 4. The molecular weight excluding hydrogens is 354 g/mol. The predicted molar refractivity (Wildman–Crippen MR) is 107 cm³/mol. The SMILES string of the molecule is CC(C)OCc1ccccc1CNC(=O)c1occc1COc1ccccc1. The maximum absolute atomic E-state index is 12.6. The quantitative estimate of drug-likeness (QED) is 0.585. The van der Waals surface area contributed by atoms with Crippen molar-refractivity contribution in [3.63, 3.8) is 0 Å². The molecule has 0 spiro atoms. The molecule has 146 valence electrons. The number of para-hydroxylation sites is 1. The van der Waals surface area contributed by atoms with Gasteiger partial charge in [0.2, 0.25) is 0 Å². The second-order valence-electron chi connectivity index (χ2n) is 6.69. The van der Waals surface area contributed by atoms with Crippen molar-refractivity contribution in [2.75, 3.05) is 0 Å². The molecule has 3 aromatic rings. The van der Waals surface area contributed by atoms with Crippen LogP contribution in [0.5, 0.6) is 5.75 Å². The monoisotopic (exact) mass is 379 g/mol. The van der Waals surface area contributed by atoms with Crippen LogP contribution in [0.25, 0.3) is 0 Å². The largest absolute Gasteiger partial charge is 0.489 e. The highest BCUT2D eigenvalue weighted by Crippen LogP contribution is 2.16. The molecule has 5 heteroatoms. The number of amides is 1. The third-order valence-electron chi connectivity index (χ3n) is 4.22. The van der Waals surface area contributed by atoms with Crippen LogP contribution in [0.3, 0.4) is 0 Å². The Morgan fingerprint density at radius 1 is 0.929 bits per heavy atom. The molecule has 0 radical (unpaired) electrons. The molecule has 0 saturated carbocycles. The first-order valence-corrected chi connectivity index (χ1v) is 9.34. The van der Waals surface area contributed by atoms with Crippen LogP contribution in [0.1, 0.15) is 41.1 Å². The molecular formula is C23H25NO4. The van der Waals surface area contributed by atoms with Gasteiger partial charge in [0.15, 0.2) is 5.76 Å². The molecule has 2 aromatic carbocycles. The van der Waals surface area contributed by atoms with E-state index >= 15 is 0 Å². The Bertz CT molecular complexity index is 886. The van der Waals surface area contributed by atoms with Gasteiger partial charge in [-0.15, -0.1) is 0 Å². The van der Waals surface area contributed by atoms with E-state index in [9.17, 15) is 4.79 Å². The van der Waals surface area contributed by atoms with Crippen LogP contribution in [0, 0.1) is 0 Å². The molecule has 1 heterocycles. The summed E-state index contributed by atoms with van der Waals surface area (Å²) >= 11 is 0. The van der Waals surface area contributed by atoms with E-state index in [1.54, 1.807) is 6.07 Å². The van der Waals surface area contributed by atoms with Crippen LogP contribution >= 0.6 is 0 Å². The second-order valence-corrected chi connectivity index (χ2v) is 6.69. The van der Waals surface area contributed by atoms with E-state index in [2.05, 4.69) is 5.32 Å². The minimum Gasteiger partial charge on any atom is -0.489 e. The normalized spacial score (nSPS) is 10.8. The van der Waals surface area contributed by atoms with Crippen LogP contribution in [0.15, 0.2) is 71.3 Å². The number of hydrogen-bond donors (Lipinski definition) is 1. The lowest BCUT2D eigenvalue weighted by Gasteiger charge is -2.13. The minimum absolute atomic E-state index is 0.151. The second kappa shape index (κ2) is 9.76. The average Bonchev–Trinajstić information content (AvgIpc) is 3.19. The van der Waals surface area contributed by atoms with Gasteiger partial charge in [-0.1, -0.05) is 42.5 Å². The van der Waals surface area contributed by atoms with E-state index in [4.69, 9.17) is 13.9 Å². The summed E-state index contributed by atoms with van der Waals surface area (Å²) in [5.41, 5.74) is 2.78. The topological polar surface area (TPSA) is 60.7 Å². The molecule has 1 N–H and O–H groups in total. The predicted octanol–water partition coefficient (Wildman–Crippen LogP) is 4.71. The molecule has 0 aliphatic rings. The van der Waals surface area contributed by atoms with Crippen molar-refractivity contribution in [3.8, 4) is 5.75 Å². The first-order chi connectivity index (χ1) is 13.6. The van der Waals surface area contributed by atoms with Gasteiger partial charge < -0.3 is 19.2 Å². The lowest BCUT2D eigenvalue weighted by molar-refractivity contribution is 0.0651. The van der Waals surface area contributed by atoms with Crippen molar-refractivity contribution in [2.45, 2.75) is 39.7 Å². The zero-order valence-corrected chi connectivity index (χ0v) is 16.2.